The molecule has 1 saturated heterocycles. The summed E-state index contributed by atoms with van der Waals surface area (Å²) in [5.41, 5.74) is -0.0710. The van der Waals surface area contributed by atoms with Crippen LogP contribution in [0.3, 0.4) is 0 Å². The summed E-state index contributed by atoms with van der Waals surface area (Å²) in [7, 11) is 0. The Morgan fingerprint density at radius 1 is 1.18 bits per heavy atom. The summed E-state index contributed by atoms with van der Waals surface area (Å²) in [4.78, 5) is 2.52. The topological polar surface area (TPSA) is 24.5 Å². The van der Waals surface area contributed by atoms with Crippen LogP contribution >= 0.6 is 0 Å². The van der Waals surface area contributed by atoms with Gasteiger partial charge in [-0.25, -0.2) is 0 Å². The lowest BCUT2D eigenvalue weighted by Gasteiger charge is -2.47. The standard InChI is InChI=1S/C14H30N2O/c1-7-8-15-12(2)9-16-10-13(3,4)17-14(5,6)11-16/h12,15H,7-11H2,1-6H3. The third kappa shape index (κ3) is 5.36. The molecule has 0 aliphatic carbocycles. The second-order valence-corrected chi connectivity index (χ2v) is 6.65. The molecule has 0 saturated carbocycles. The largest absolute Gasteiger partial charge is 0.367 e. The predicted molar refractivity (Wildman–Crippen MR) is 73.4 cm³/mol. The average molecular weight is 242 g/mol. The van der Waals surface area contributed by atoms with Gasteiger partial charge >= 0.3 is 0 Å². The van der Waals surface area contributed by atoms with Crippen molar-refractivity contribution < 1.29 is 4.74 Å². The van der Waals surface area contributed by atoms with E-state index in [-0.39, 0.29) is 11.2 Å². The molecular weight excluding hydrogens is 212 g/mol. The van der Waals surface area contributed by atoms with Crippen LogP contribution in [0.4, 0.5) is 0 Å². The molecule has 1 atom stereocenters. The van der Waals surface area contributed by atoms with Crippen LogP contribution in [0.1, 0.15) is 48.0 Å². The van der Waals surface area contributed by atoms with E-state index >= 15 is 0 Å². The van der Waals surface area contributed by atoms with Crippen LogP contribution in [0.5, 0.6) is 0 Å². The molecule has 102 valence electrons. The minimum Gasteiger partial charge on any atom is -0.367 e. The van der Waals surface area contributed by atoms with Gasteiger partial charge in [0.25, 0.3) is 0 Å². The van der Waals surface area contributed by atoms with E-state index < -0.39 is 0 Å². The Morgan fingerprint density at radius 2 is 1.71 bits per heavy atom. The monoisotopic (exact) mass is 242 g/mol. The van der Waals surface area contributed by atoms with Gasteiger partial charge < -0.3 is 10.1 Å². The third-order valence-electron chi connectivity index (χ3n) is 3.04. The van der Waals surface area contributed by atoms with Gasteiger partial charge in [0, 0.05) is 25.7 Å². The van der Waals surface area contributed by atoms with Crippen LogP contribution in [-0.2, 0) is 4.74 Å². The number of rotatable bonds is 5. The molecule has 1 N–H and O–H groups in total. The molecule has 3 nitrogen and oxygen atoms in total. The van der Waals surface area contributed by atoms with Crippen molar-refractivity contribution in [3.63, 3.8) is 0 Å². The van der Waals surface area contributed by atoms with Crippen molar-refractivity contribution in [1.29, 1.82) is 0 Å². The smallest absolute Gasteiger partial charge is 0.0760 e. The maximum absolute atomic E-state index is 6.09. The minimum atomic E-state index is -0.0355. The Morgan fingerprint density at radius 3 is 2.18 bits per heavy atom. The van der Waals surface area contributed by atoms with Crippen molar-refractivity contribution in [3.8, 4) is 0 Å². The van der Waals surface area contributed by atoms with Crippen molar-refractivity contribution >= 4 is 0 Å². The first-order valence-corrected chi connectivity index (χ1v) is 6.90. The zero-order valence-corrected chi connectivity index (χ0v) is 12.5. The fourth-order valence-electron chi connectivity index (χ4n) is 2.92. The first-order chi connectivity index (χ1) is 7.74. The quantitative estimate of drug-likeness (QED) is 0.800. The number of morpholine rings is 1. The van der Waals surface area contributed by atoms with Crippen molar-refractivity contribution in [2.75, 3.05) is 26.2 Å². The first-order valence-electron chi connectivity index (χ1n) is 6.90. The van der Waals surface area contributed by atoms with Crippen LogP contribution in [0.25, 0.3) is 0 Å². The summed E-state index contributed by atoms with van der Waals surface area (Å²) in [6.45, 7) is 17.5. The molecule has 17 heavy (non-hydrogen) atoms. The molecule has 1 aliphatic heterocycles. The molecule has 1 fully saturated rings. The van der Waals surface area contributed by atoms with Gasteiger partial charge in [0.05, 0.1) is 11.2 Å². The van der Waals surface area contributed by atoms with E-state index in [0.717, 1.165) is 26.2 Å². The molecule has 0 amide bonds. The maximum atomic E-state index is 6.09. The molecule has 1 rings (SSSR count). The molecule has 1 heterocycles. The van der Waals surface area contributed by atoms with Gasteiger partial charge in [0.1, 0.15) is 0 Å². The summed E-state index contributed by atoms with van der Waals surface area (Å²) in [5.74, 6) is 0. The molecule has 1 aliphatic rings. The molecule has 0 spiro atoms. The molecule has 0 bridgehead atoms. The summed E-state index contributed by atoms with van der Waals surface area (Å²) in [6, 6.07) is 0.555. The van der Waals surface area contributed by atoms with E-state index in [9.17, 15) is 0 Å². The lowest BCUT2D eigenvalue weighted by atomic mass is 9.98. The van der Waals surface area contributed by atoms with Gasteiger partial charge in [-0.2, -0.15) is 0 Å². The van der Waals surface area contributed by atoms with E-state index in [2.05, 4.69) is 51.8 Å². The highest BCUT2D eigenvalue weighted by Gasteiger charge is 2.38. The highest BCUT2D eigenvalue weighted by atomic mass is 16.5. The van der Waals surface area contributed by atoms with Gasteiger partial charge in [0.2, 0.25) is 0 Å². The van der Waals surface area contributed by atoms with Gasteiger partial charge in [0.15, 0.2) is 0 Å². The first kappa shape index (κ1) is 14.9. The molecule has 1 unspecified atom stereocenters. The molecule has 0 radical (unpaired) electrons. The molecule has 0 aromatic rings. The zero-order chi connectivity index (χ0) is 13.1. The van der Waals surface area contributed by atoms with E-state index in [1.54, 1.807) is 0 Å². The van der Waals surface area contributed by atoms with Crippen LogP contribution in [0.2, 0.25) is 0 Å². The second-order valence-electron chi connectivity index (χ2n) is 6.65. The van der Waals surface area contributed by atoms with Crippen molar-refractivity contribution in [3.05, 3.63) is 0 Å². The summed E-state index contributed by atoms with van der Waals surface area (Å²) >= 11 is 0. The van der Waals surface area contributed by atoms with E-state index in [0.29, 0.717) is 6.04 Å². The van der Waals surface area contributed by atoms with Crippen molar-refractivity contribution in [1.82, 2.24) is 10.2 Å². The van der Waals surface area contributed by atoms with Crippen LogP contribution in [0, 0.1) is 0 Å². The SMILES string of the molecule is CCCNC(C)CN1CC(C)(C)OC(C)(C)C1. The van der Waals surface area contributed by atoms with Crippen molar-refractivity contribution in [2.45, 2.75) is 65.2 Å². The average Bonchev–Trinajstić information content (AvgIpc) is 2.09. The van der Waals surface area contributed by atoms with Gasteiger partial charge in [-0.05, 0) is 47.6 Å². The highest BCUT2D eigenvalue weighted by molar-refractivity contribution is 4.90. The number of ether oxygens (including phenoxy) is 1. The maximum Gasteiger partial charge on any atom is 0.0760 e. The summed E-state index contributed by atoms with van der Waals surface area (Å²) in [6.07, 6.45) is 1.20. The molecular formula is C14H30N2O. The van der Waals surface area contributed by atoms with Crippen molar-refractivity contribution in [2.24, 2.45) is 0 Å². The Bertz CT molecular complexity index is 222. The third-order valence-corrected chi connectivity index (χ3v) is 3.04. The molecule has 3 heteroatoms. The van der Waals surface area contributed by atoms with Gasteiger partial charge in [-0.1, -0.05) is 6.92 Å². The fourth-order valence-corrected chi connectivity index (χ4v) is 2.92. The Balaban J connectivity index is 2.47. The van der Waals surface area contributed by atoms with E-state index in [4.69, 9.17) is 4.74 Å². The summed E-state index contributed by atoms with van der Waals surface area (Å²) < 4.78 is 6.09. The molecule has 0 aromatic heterocycles. The highest BCUT2D eigenvalue weighted by Crippen LogP contribution is 2.27. The van der Waals surface area contributed by atoms with Gasteiger partial charge in [-0.15, -0.1) is 0 Å². The Labute approximate surface area is 107 Å². The number of nitrogens with one attached hydrogen (secondary N) is 1. The Kier molecular flexibility index (Phi) is 4.99. The summed E-state index contributed by atoms with van der Waals surface area (Å²) in [5, 5.41) is 3.55. The fraction of sp³-hybridized carbons (Fsp3) is 1.00. The normalized spacial score (nSPS) is 25.8. The minimum absolute atomic E-state index is 0.0355. The number of hydrogen-bond acceptors (Lipinski definition) is 3. The lowest BCUT2D eigenvalue weighted by molar-refractivity contribution is -0.181. The zero-order valence-electron chi connectivity index (χ0n) is 12.5. The van der Waals surface area contributed by atoms with E-state index in [1.165, 1.54) is 6.42 Å². The Hall–Kier alpha value is -0.120. The lowest BCUT2D eigenvalue weighted by Crippen LogP contribution is -2.59. The number of hydrogen-bond donors (Lipinski definition) is 1. The molecule has 0 aromatic carbocycles. The predicted octanol–water partition coefficient (Wildman–Crippen LogP) is 2.26. The second kappa shape index (κ2) is 5.68. The van der Waals surface area contributed by atoms with Crippen LogP contribution in [-0.4, -0.2) is 48.3 Å². The van der Waals surface area contributed by atoms with E-state index in [1.807, 2.05) is 0 Å². The van der Waals surface area contributed by atoms with Crippen LogP contribution in [0.15, 0.2) is 0 Å². The van der Waals surface area contributed by atoms with Gasteiger partial charge in [-0.3, -0.25) is 4.90 Å². The number of nitrogens with zero attached hydrogens (tertiary/aromatic N) is 1. The van der Waals surface area contributed by atoms with Crippen LogP contribution < -0.4 is 5.32 Å².